The van der Waals surface area contributed by atoms with Gasteiger partial charge < -0.3 is 50.5 Å². The van der Waals surface area contributed by atoms with Crippen molar-refractivity contribution in [3.8, 4) is 0 Å². The second-order valence-corrected chi connectivity index (χ2v) is 26.4. The van der Waals surface area contributed by atoms with Gasteiger partial charge in [-0.3, -0.25) is 4.79 Å². The van der Waals surface area contributed by atoms with Crippen LogP contribution in [0.2, 0.25) is 0 Å². The Morgan fingerprint density at radius 3 is 1.02 bits per heavy atom. The summed E-state index contributed by atoms with van der Waals surface area (Å²) in [6, 6.07) is -1.18. The Bertz CT molecular complexity index is 1370. The molecule has 0 bridgehead atoms. The molecule has 9 unspecified atom stereocenters. The molecule has 1 rings (SSSR count). The Morgan fingerprint density at radius 1 is 0.405 bits per heavy atom. The van der Waals surface area contributed by atoms with Gasteiger partial charge in [0.1, 0.15) is 36.6 Å². The zero-order valence-electron chi connectivity index (χ0n) is 55.4. The summed E-state index contributed by atoms with van der Waals surface area (Å²) >= 11 is 0. The number of carbonyl (C=O) groups is 1. The Hall–Kier alpha value is -1.15. The first-order valence-corrected chi connectivity index (χ1v) is 37.1. The second kappa shape index (κ2) is 62.1. The number of aliphatic hydroxyl groups excluding tert-OH is 7. The molecule has 1 amide bonds. The van der Waals surface area contributed by atoms with E-state index in [1.807, 2.05) is 0 Å². The number of nitrogens with one attached hydrogen (secondary N) is 1. The maximum absolute atomic E-state index is 13.3. The van der Waals surface area contributed by atoms with Crippen LogP contribution in [0.5, 0.6) is 0 Å². The van der Waals surface area contributed by atoms with E-state index in [-0.39, 0.29) is 12.8 Å². The molecule has 1 fully saturated rings. The van der Waals surface area contributed by atoms with Crippen LogP contribution in [-0.4, -0.2) is 110 Å². The lowest BCUT2D eigenvalue weighted by Gasteiger charge is -2.40. The molecule has 11 heteroatoms. The average molecular weight is 1190 g/mol. The average Bonchev–Trinajstić information content (AvgIpc) is 3.66. The lowest BCUT2D eigenvalue weighted by atomic mass is 9.98. The molecule has 1 saturated heterocycles. The van der Waals surface area contributed by atoms with Crippen LogP contribution in [0.15, 0.2) is 12.2 Å². The number of hydrogen-bond donors (Lipinski definition) is 8. The topological polar surface area (TPSA) is 189 Å². The van der Waals surface area contributed by atoms with Crippen molar-refractivity contribution in [3.63, 3.8) is 0 Å². The van der Waals surface area contributed by atoms with Gasteiger partial charge in [-0.1, -0.05) is 353 Å². The van der Waals surface area contributed by atoms with Crippen molar-refractivity contribution < 1.29 is 50.0 Å². The first-order chi connectivity index (χ1) is 41.2. The van der Waals surface area contributed by atoms with E-state index in [0.29, 0.717) is 12.8 Å². The molecule has 0 aromatic carbocycles. The fourth-order valence-corrected chi connectivity index (χ4v) is 12.4. The molecule has 0 spiro atoms. The maximum Gasteiger partial charge on any atom is 0.249 e. The number of ether oxygens (including phenoxy) is 2. The van der Waals surface area contributed by atoms with Crippen LogP contribution >= 0.6 is 0 Å². The first kappa shape index (κ1) is 80.9. The molecule has 11 nitrogen and oxygen atoms in total. The number of hydrogen-bond acceptors (Lipinski definition) is 10. The summed E-state index contributed by atoms with van der Waals surface area (Å²) in [5.74, 6) is -0.697. The molecule has 500 valence electrons. The quantitative estimate of drug-likeness (QED) is 0.0215. The highest BCUT2D eigenvalue weighted by Gasteiger charge is 2.44. The highest BCUT2D eigenvalue weighted by molar-refractivity contribution is 5.80. The minimum atomic E-state index is -1.67. The van der Waals surface area contributed by atoms with Gasteiger partial charge in [-0.2, -0.15) is 0 Å². The maximum atomic E-state index is 13.3. The van der Waals surface area contributed by atoms with Crippen LogP contribution in [0.4, 0.5) is 0 Å². The lowest BCUT2D eigenvalue weighted by Crippen LogP contribution is -2.60. The fraction of sp³-hybridized carbons (Fsp3) is 0.959. The smallest absolute Gasteiger partial charge is 0.249 e. The summed E-state index contributed by atoms with van der Waals surface area (Å²) in [6.07, 6.45) is 66.0. The van der Waals surface area contributed by atoms with Crippen molar-refractivity contribution in [2.75, 3.05) is 13.2 Å². The number of aliphatic hydroxyl groups is 7. The van der Waals surface area contributed by atoms with Crippen molar-refractivity contribution in [2.24, 2.45) is 0 Å². The van der Waals surface area contributed by atoms with Gasteiger partial charge in [0.2, 0.25) is 5.91 Å². The Labute approximate surface area is 519 Å². The number of amides is 1. The van der Waals surface area contributed by atoms with Crippen LogP contribution in [0, 0.1) is 0 Å². The third-order valence-corrected chi connectivity index (χ3v) is 18.3. The van der Waals surface area contributed by atoms with Gasteiger partial charge in [0.05, 0.1) is 25.4 Å². The monoisotopic (exact) mass is 1190 g/mol. The third-order valence-electron chi connectivity index (χ3n) is 18.3. The van der Waals surface area contributed by atoms with Gasteiger partial charge >= 0.3 is 0 Å². The predicted octanol–water partition coefficient (Wildman–Crippen LogP) is 18.2. The van der Waals surface area contributed by atoms with Crippen LogP contribution in [0.25, 0.3) is 0 Å². The molecule has 1 aliphatic rings. The summed E-state index contributed by atoms with van der Waals surface area (Å²) < 4.78 is 11.2. The van der Waals surface area contributed by atoms with Gasteiger partial charge in [-0.25, -0.2) is 0 Å². The second-order valence-electron chi connectivity index (χ2n) is 26.4. The van der Waals surface area contributed by atoms with Crippen LogP contribution in [0.3, 0.4) is 0 Å². The molecule has 0 aromatic rings. The molecule has 0 aliphatic carbocycles. The molecular weight excluding hydrogens is 1050 g/mol. The van der Waals surface area contributed by atoms with Gasteiger partial charge in [0.15, 0.2) is 6.29 Å². The zero-order chi connectivity index (χ0) is 61.0. The van der Waals surface area contributed by atoms with Crippen LogP contribution in [-0.2, 0) is 14.3 Å². The van der Waals surface area contributed by atoms with Crippen molar-refractivity contribution in [1.82, 2.24) is 5.32 Å². The zero-order valence-corrected chi connectivity index (χ0v) is 55.4. The first-order valence-electron chi connectivity index (χ1n) is 37.1. The van der Waals surface area contributed by atoms with E-state index < -0.39 is 74.2 Å². The van der Waals surface area contributed by atoms with Crippen molar-refractivity contribution in [2.45, 2.75) is 435 Å². The van der Waals surface area contributed by atoms with Crippen LogP contribution in [0.1, 0.15) is 380 Å². The molecule has 1 aliphatic heterocycles. The molecular formula is C73H143NO10. The van der Waals surface area contributed by atoms with E-state index in [4.69, 9.17) is 9.47 Å². The molecule has 0 aromatic heterocycles. The van der Waals surface area contributed by atoms with E-state index in [1.165, 1.54) is 308 Å². The fourth-order valence-electron chi connectivity index (χ4n) is 12.4. The molecule has 8 N–H and O–H groups in total. The van der Waals surface area contributed by atoms with E-state index in [2.05, 4.69) is 31.3 Å². The Balaban J connectivity index is 2.18. The van der Waals surface area contributed by atoms with Gasteiger partial charge in [-0.05, 0) is 38.5 Å². The molecule has 1 heterocycles. The van der Waals surface area contributed by atoms with E-state index in [0.717, 1.165) is 32.1 Å². The lowest BCUT2D eigenvalue weighted by molar-refractivity contribution is -0.303. The van der Waals surface area contributed by atoms with Crippen molar-refractivity contribution in [3.05, 3.63) is 12.2 Å². The summed E-state index contributed by atoms with van der Waals surface area (Å²) in [5, 5.41) is 76.6. The Kier molecular flexibility index (Phi) is 59.7. The molecule has 0 radical (unpaired) electrons. The number of unbranched alkanes of at least 4 members (excludes halogenated alkanes) is 52. The van der Waals surface area contributed by atoms with Gasteiger partial charge in [-0.15, -0.1) is 0 Å². The summed E-state index contributed by atoms with van der Waals surface area (Å²) in [6.45, 7) is 3.52. The number of carbonyl (C=O) groups excluding carboxylic acids is 1. The number of rotatable bonds is 66. The standard InChI is InChI=1S/C73H143NO10/c1-3-5-7-9-11-13-15-17-19-21-23-25-27-29-31-33-35-36-38-40-42-44-46-48-50-52-54-56-58-60-65(76)68(78)64(63-83-73-71(81)70(80)69(79)67(62-75)84-73)74-72(82)66(77)61-59-57-55-53-51-49-47-45-43-41-39-37-34-32-30-28-26-24-22-20-18-16-14-12-10-8-6-4-2/h52,54,64-71,73,75-81H,3-51,53,55-63H2,1-2H3,(H,74,82)/b54-52+. The van der Waals surface area contributed by atoms with Gasteiger partial charge in [0.25, 0.3) is 0 Å². The summed E-state index contributed by atoms with van der Waals surface area (Å²) in [4.78, 5) is 13.3. The normalized spacial score (nSPS) is 18.9. The Morgan fingerprint density at radius 2 is 0.702 bits per heavy atom. The summed E-state index contributed by atoms with van der Waals surface area (Å²) in [7, 11) is 0. The predicted molar refractivity (Wildman–Crippen MR) is 353 cm³/mol. The minimum Gasteiger partial charge on any atom is -0.394 e. The van der Waals surface area contributed by atoms with Crippen molar-refractivity contribution in [1.29, 1.82) is 0 Å². The van der Waals surface area contributed by atoms with E-state index in [1.54, 1.807) is 0 Å². The molecule has 0 saturated carbocycles. The number of allylic oxidation sites excluding steroid dienone is 2. The molecule has 84 heavy (non-hydrogen) atoms. The van der Waals surface area contributed by atoms with Crippen molar-refractivity contribution >= 4 is 5.91 Å². The highest BCUT2D eigenvalue weighted by atomic mass is 16.7. The van der Waals surface area contributed by atoms with Gasteiger partial charge in [0, 0.05) is 0 Å². The minimum absolute atomic E-state index is 0.260. The molecule has 9 atom stereocenters. The van der Waals surface area contributed by atoms with Crippen LogP contribution < -0.4 is 5.32 Å². The SMILES string of the molecule is CCCCCCCCCCCCCCCCCCCCCCCCCC/C=C/CCCC(O)C(O)C(COC1OC(CO)C(O)C(O)C1O)NC(=O)C(O)CCCCCCCCCCCCCCCCCCCCCCCCCCCCCC. The van der Waals surface area contributed by atoms with E-state index in [9.17, 15) is 40.5 Å². The largest absolute Gasteiger partial charge is 0.394 e. The summed E-state index contributed by atoms with van der Waals surface area (Å²) in [5.41, 5.74) is 0. The highest BCUT2D eigenvalue weighted by Crippen LogP contribution is 2.24. The third kappa shape index (κ3) is 48.7. The van der Waals surface area contributed by atoms with E-state index >= 15 is 0 Å².